The highest BCUT2D eigenvalue weighted by Gasteiger charge is 2.26. The van der Waals surface area contributed by atoms with Crippen molar-refractivity contribution in [3.05, 3.63) is 35.4 Å². The number of carbonyl (C=O) groups excluding carboxylic acids is 2. The van der Waals surface area contributed by atoms with Crippen LogP contribution in [0.2, 0.25) is 0 Å². The Morgan fingerprint density at radius 3 is 2.56 bits per heavy atom. The fraction of sp³-hybridized carbons (Fsp3) is 0.471. The average molecular weight is 385 g/mol. The number of aliphatic imine (C=N–C) groups is 1. The van der Waals surface area contributed by atoms with Gasteiger partial charge in [0.05, 0.1) is 13.0 Å². The molecular formula is C17H22F3N5O2. The topological polar surface area (TPSA) is 85.8 Å². The Bertz CT molecular complexity index is 689. The summed E-state index contributed by atoms with van der Waals surface area (Å²) in [7, 11) is 1.47. The van der Waals surface area contributed by atoms with Crippen LogP contribution in [0.25, 0.3) is 0 Å². The molecule has 1 fully saturated rings. The van der Waals surface area contributed by atoms with Crippen molar-refractivity contribution in [2.24, 2.45) is 4.99 Å². The molecular weight excluding hydrogens is 363 g/mol. The third-order valence-electron chi connectivity index (χ3n) is 3.91. The van der Waals surface area contributed by atoms with Crippen molar-refractivity contribution in [1.29, 1.82) is 0 Å². The van der Waals surface area contributed by atoms with E-state index in [1.54, 1.807) is 24.3 Å². The maximum atomic E-state index is 12.4. The van der Waals surface area contributed by atoms with Crippen LogP contribution in [0.1, 0.15) is 22.3 Å². The van der Waals surface area contributed by atoms with Crippen molar-refractivity contribution >= 4 is 17.8 Å². The summed E-state index contributed by atoms with van der Waals surface area (Å²) in [4.78, 5) is 29.1. The first kappa shape index (κ1) is 20.5. The molecule has 0 aromatic heterocycles. The summed E-state index contributed by atoms with van der Waals surface area (Å²) in [5.41, 5.74) is 1.31. The summed E-state index contributed by atoms with van der Waals surface area (Å²) < 4.78 is 36.5. The highest BCUT2D eigenvalue weighted by Crippen LogP contribution is 2.18. The van der Waals surface area contributed by atoms with Gasteiger partial charge in [0.2, 0.25) is 5.91 Å². The minimum Gasteiger partial charge on any atom is -0.356 e. The molecule has 2 amide bonds. The van der Waals surface area contributed by atoms with E-state index < -0.39 is 12.6 Å². The predicted octanol–water partition coefficient (Wildman–Crippen LogP) is 0.876. The third-order valence-corrected chi connectivity index (χ3v) is 3.91. The number of piperazine rings is 1. The van der Waals surface area contributed by atoms with Gasteiger partial charge in [0, 0.05) is 38.8 Å². The monoisotopic (exact) mass is 385 g/mol. The molecule has 0 spiro atoms. The van der Waals surface area contributed by atoms with Gasteiger partial charge < -0.3 is 20.9 Å². The van der Waals surface area contributed by atoms with E-state index in [1.165, 1.54) is 11.9 Å². The Hall–Kier alpha value is -2.78. The van der Waals surface area contributed by atoms with Crippen LogP contribution in [0, 0.1) is 0 Å². The fourth-order valence-electron chi connectivity index (χ4n) is 2.49. The number of guanidine groups is 1. The van der Waals surface area contributed by atoms with Gasteiger partial charge in [-0.05, 0) is 17.7 Å². The zero-order chi connectivity index (χ0) is 19.9. The second-order valence-electron chi connectivity index (χ2n) is 5.99. The lowest BCUT2D eigenvalue weighted by atomic mass is 10.1. The quantitative estimate of drug-likeness (QED) is 0.519. The Balaban J connectivity index is 1.84. The average Bonchev–Trinajstić information content (AvgIpc) is 2.63. The number of amides is 2. The van der Waals surface area contributed by atoms with Crippen LogP contribution in [0.3, 0.4) is 0 Å². The van der Waals surface area contributed by atoms with E-state index in [0.717, 1.165) is 5.56 Å². The van der Waals surface area contributed by atoms with Crippen molar-refractivity contribution < 1.29 is 22.8 Å². The van der Waals surface area contributed by atoms with E-state index in [1.807, 2.05) is 0 Å². The molecule has 0 unspecified atom stereocenters. The second-order valence-corrected chi connectivity index (χ2v) is 5.99. The van der Waals surface area contributed by atoms with E-state index in [-0.39, 0.29) is 30.9 Å². The Morgan fingerprint density at radius 2 is 1.96 bits per heavy atom. The Kier molecular flexibility index (Phi) is 7.03. The molecule has 2 rings (SSSR count). The first-order valence-corrected chi connectivity index (χ1v) is 8.44. The maximum absolute atomic E-state index is 12.4. The predicted molar refractivity (Wildman–Crippen MR) is 94.2 cm³/mol. The third kappa shape index (κ3) is 6.80. The number of nitrogens with one attached hydrogen (secondary N) is 3. The molecule has 1 saturated heterocycles. The van der Waals surface area contributed by atoms with Crippen LogP contribution in [0.4, 0.5) is 13.2 Å². The van der Waals surface area contributed by atoms with Gasteiger partial charge >= 0.3 is 6.18 Å². The number of carbonyl (C=O) groups is 2. The van der Waals surface area contributed by atoms with E-state index >= 15 is 0 Å². The molecule has 10 heteroatoms. The van der Waals surface area contributed by atoms with Crippen LogP contribution >= 0.6 is 0 Å². The largest absolute Gasteiger partial charge is 0.390 e. The highest BCUT2D eigenvalue weighted by atomic mass is 19.4. The first-order valence-electron chi connectivity index (χ1n) is 8.44. The van der Waals surface area contributed by atoms with E-state index in [2.05, 4.69) is 20.9 Å². The summed E-state index contributed by atoms with van der Waals surface area (Å²) in [6.07, 6.45) is -5.16. The van der Waals surface area contributed by atoms with Crippen molar-refractivity contribution in [2.75, 3.05) is 33.2 Å². The SMILES string of the molecule is CN=C(NCCC(F)(F)F)NCc1ccc(C(=O)N2CCNC(=O)C2)cc1. The van der Waals surface area contributed by atoms with Crippen molar-refractivity contribution in [1.82, 2.24) is 20.9 Å². The van der Waals surface area contributed by atoms with Gasteiger partial charge in [0.25, 0.3) is 5.91 Å². The zero-order valence-corrected chi connectivity index (χ0v) is 14.9. The van der Waals surface area contributed by atoms with Crippen molar-refractivity contribution in [3.63, 3.8) is 0 Å². The van der Waals surface area contributed by atoms with Gasteiger partial charge in [-0.15, -0.1) is 0 Å². The second kappa shape index (κ2) is 9.24. The smallest absolute Gasteiger partial charge is 0.356 e. The summed E-state index contributed by atoms with van der Waals surface area (Å²) in [6.45, 7) is 1.02. The van der Waals surface area contributed by atoms with Crippen molar-refractivity contribution in [3.8, 4) is 0 Å². The van der Waals surface area contributed by atoms with Crippen LogP contribution < -0.4 is 16.0 Å². The van der Waals surface area contributed by atoms with Gasteiger partial charge in [-0.1, -0.05) is 12.1 Å². The minimum absolute atomic E-state index is 0.0437. The highest BCUT2D eigenvalue weighted by molar-refractivity contribution is 5.97. The minimum atomic E-state index is -4.22. The fourth-order valence-corrected chi connectivity index (χ4v) is 2.49. The molecule has 0 atom stereocenters. The number of alkyl halides is 3. The van der Waals surface area contributed by atoms with Crippen LogP contribution in [-0.4, -0.2) is 62.1 Å². The summed E-state index contributed by atoms with van der Waals surface area (Å²) in [6, 6.07) is 6.80. The Morgan fingerprint density at radius 1 is 1.26 bits per heavy atom. The number of hydrogen-bond donors (Lipinski definition) is 3. The summed E-state index contributed by atoms with van der Waals surface area (Å²) >= 11 is 0. The number of rotatable bonds is 5. The summed E-state index contributed by atoms with van der Waals surface area (Å²) in [5, 5.41) is 8.17. The van der Waals surface area contributed by atoms with Crippen LogP contribution in [-0.2, 0) is 11.3 Å². The lowest BCUT2D eigenvalue weighted by Gasteiger charge is -2.26. The molecule has 3 N–H and O–H groups in total. The molecule has 0 bridgehead atoms. The molecule has 1 heterocycles. The van der Waals surface area contributed by atoms with Crippen LogP contribution in [0.5, 0.6) is 0 Å². The number of benzene rings is 1. The van der Waals surface area contributed by atoms with Gasteiger partial charge in [0.1, 0.15) is 0 Å². The molecule has 27 heavy (non-hydrogen) atoms. The molecule has 0 aliphatic carbocycles. The molecule has 148 valence electrons. The van der Waals surface area contributed by atoms with Gasteiger partial charge in [-0.25, -0.2) is 0 Å². The molecule has 1 aromatic rings. The Labute approximate surface area is 155 Å². The lowest BCUT2D eigenvalue weighted by molar-refractivity contribution is -0.132. The molecule has 1 aliphatic rings. The molecule has 0 saturated carbocycles. The number of nitrogens with zero attached hydrogens (tertiary/aromatic N) is 2. The molecule has 1 aromatic carbocycles. The normalized spacial score (nSPS) is 15.3. The lowest BCUT2D eigenvalue weighted by Crippen LogP contribution is -2.49. The zero-order valence-electron chi connectivity index (χ0n) is 14.9. The van der Waals surface area contributed by atoms with Crippen LogP contribution in [0.15, 0.2) is 29.3 Å². The van der Waals surface area contributed by atoms with E-state index in [0.29, 0.717) is 25.2 Å². The van der Waals surface area contributed by atoms with Gasteiger partial charge in [-0.3, -0.25) is 14.6 Å². The molecule has 7 nitrogen and oxygen atoms in total. The number of hydrogen-bond acceptors (Lipinski definition) is 3. The molecule has 1 aliphatic heterocycles. The standard InChI is InChI=1S/C17H22F3N5O2/c1-21-16(23-7-6-17(18,19)20)24-10-12-2-4-13(5-3-12)15(27)25-9-8-22-14(26)11-25/h2-5H,6-11H2,1H3,(H,22,26)(H2,21,23,24). The first-order chi connectivity index (χ1) is 12.8. The molecule has 0 radical (unpaired) electrons. The van der Waals surface area contributed by atoms with Gasteiger partial charge in [-0.2, -0.15) is 13.2 Å². The van der Waals surface area contributed by atoms with Gasteiger partial charge in [0.15, 0.2) is 5.96 Å². The van der Waals surface area contributed by atoms with Crippen molar-refractivity contribution in [2.45, 2.75) is 19.1 Å². The van der Waals surface area contributed by atoms with E-state index in [4.69, 9.17) is 0 Å². The number of halogens is 3. The van der Waals surface area contributed by atoms with E-state index in [9.17, 15) is 22.8 Å². The maximum Gasteiger partial charge on any atom is 0.390 e. The summed E-state index contributed by atoms with van der Waals surface area (Å²) in [5.74, 6) is -0.132.